The molecular weight excluding hydrogens is 368 g/mol. The number of rotatable bonds is 5. The summed E-state index contributed by atoms with van der Waals surface area (Å²) in [4.78, 5) is 39.8. The maximum atomic E-state index is 12.4. The van der Waals surface area contributed by atoms with Gasteiger partial charge in [-0.2, -0.15) is 0 Å². The van der Waals surface area contributed by atoms with Gasteiger partial charge in [0.15, 0.2) is 0 Å². The van der Waals surface area contributed by atoms with E-state index in [-0.39, 0.29) is 29.6 Å². The minimum atomic E-state index is -0.518. The Balaban J connectivity index is 1.64. The molecule has 1 saturated heterocycles. The summed E-state index contributed by atoms with van der Waals surface area (Å²) in [6.45, 7) is 1.97. The predicted molar refractivity (Wildman–Crippen MR) is 101 cm³/mol. The summed E-state index contributed by atoms with van der Waals surface area (Å²) in [5.41, 5.74) is 0.929. The van der Waals surface area contributed by atoms with Gasteiger partial charge in [0.2, 0.25) is 10.9 Å². The third kappa shape index (κ3) is 4.82. The van der Waals surface area contributed by atoms with Crippen molar-refractivity contribution in [1.29, 1.82) is 0 Å². The Bertz CT molecular complexity index is 824. The van der Waals surface area contributed by atoms with Crippen molar-refractivity contribution >= 4 is 34.2 Å². The Morgan fingerprint density at radius 3 is 2.85 bits per heavy atom. The lowest BCUT2D eigenvalue weighted by molar-refractivity contribution is -0.123. The van der Waals surface area contributed by atoms with Gasteiger partial charge in [-0.1, -0.05) is 41.7 Å². The maximum Gasteiger partial charge on any atom is 0.367 e. The highest BCUT2D eigenvalue weighted by Gasteiger charge is 2.31. The van der Waals surface area contributed by atoms with E-state index in [1.165, 1.54) is 6.20 Å². The van der Waals surface area contributed by atoms with Crippen molar-refractivity contribution in [1.82, 2.24) is 15.6 Å². The van der Waals surface area contributed by atoms with Crippen LogP contribution in [-0.4, -0.2) is 35.5 Å². The second-order valence-electron chi connectivity index (χ2n) is 5.95. The zero-order valence-electron chi connectivity index (χ0n) is 14.7. The molecular formula is C18H20N4O4S. The third-order valence-electron chi connectivity index (χ3n) is 4.07. The average Bonchev–Trinajstić information content (AvgIpc) is 3.12. The third-order valence-corrected chi connectivity index (χ3v) is 4.96. The van der Waals surface area contributed by atoms with E-state index in [0.29, 0.717) is 17.8 Å². The Morgan fingerprint density at radius 1 is 1.33 bits per heavy atom. The number of thiazole rings is 1. The topological polar surface area (TPSA) is 109 Å². The highest BCUT2D eigenvalue weighted by molar-refractivity contribution is 7.17. The molecule has 0 bridgehead atoms. The Hall–Kier alpha value is -2.94. The molecule has 8 nitrogen and oxygen atoms in total. The summed E-state index contributed by atoms with van der Waals surface area (Å²) < 4.78 is 4.88. The van der Waals surface area contributed by atoms with Crippen LogP contribution in [-0.2, 0) is 9.53 Å². The van der Waals surface area contributed by atoms with E-state index in [2.05, 4.69) is 20.9 Å². The number of anilines is 1. The number of ether oxygens (including phenoxy) is 1. The first-order valence-electron chi connectivity index (χ1n) is 8.61. The number of hydrogen-bond acceptors (Lipinski definition) is 6. The molecule has 2 unspecified atom stereocenters. The van der Waals surface area contributed by atoms with Gasteiger partial charge in [0.25, 0.3) is 0 Å². The summed E-state index contributed by atoms with van der Waals surface area (Å²) in [6.07, 6.45) is 2.30. The second kappa shape index (κ2) is 8.63. The molecule has 1 aromatic heterocycles. The van der Waals surface area contributed by atoms with Gasteiger partial charge in [-0.3, -0.25) is 10.1 Å². The number of carbonyl (C=O) groups excluding carboxylic acids is 3. The monoisotopic (exact) mass is 388 g/mol. The van der Waals surface area contributed by atoms with Gasteiger partial charge in [-0.25, -0.2) is 14.6 Å². The van der Waals surface area contributed by atoms with Gasteiger partial charge in [0.05, 0.1) is 24.9 Å². The molecule has 0 radical (unpaired) electrons. The number of piperidine rings is 1. The first kappa shape index (κ1) is 18.8. The number of nitrogens with one attached hydrogen (secondary N) is 3. The molecule has 0 spiro atoms. The highest BCUT2D eigenvalue weighted by Crippen LogP contribution is 2.25. The van der Waals surface area contributed by atoms with Crippen molar-refractivity contribution in [3.63, 3.8) is 0 Å². The molecule has 1 aromatic carbocycles. The molecule has 2 aromatic rings. The van der Waals surface area contributed by atoms with Crippen LogP contribution in [0.4, 0.5) is 9.80 Å². The van der Waals surface area contributed by atoms with Gasteiger partial charge in [-0.15, -0.1) is 0 Å². The normalized spacial score (nSPS) is 19.1. The van der Waals surface area contributed by atoms with Crippen molar-refractivity contribution in [3.05, 3.63) is 47.1 Å². The number of nitrogens with zero attached hydrogens (tertiary/aromatic N) is 1. The second-order valence-corrected chi connectivity index (χ2v) is 6.98. The number of carbonyl (C=O) groups is 3. The number of esters is 1. The van der Waals surface area contributed by atoms with Crippen LogP contribution in [0.3, 0.4) is 0 Å². The smallest absolute Gasteiger partial charge is 0.367 e. The standard InChI is InChI=1S/C18H20N4O4S/c1-2-26-17(24)16-19-10-14(27-16)22-18(25)20-12-8-9-13(23)21-15(12)11-6-4-3-5-7-11/h3-7,10,12,15H,2,8-9H2,1H3,(H,21,23)(H2,20,22,25). The van der Waals surface area contributed by atoms with Gasteiger partial charge >= 0.3 is 12.0 Å². The average molecular weight is 388 g/mol. The Morgan fingerprint density at radius 2 is 2.11 bits per heavy atom. The van der Waals surface area contributed by atoms with Crippen LogP contribution >= 0.6 is 11.3 Å². The summed E-state index contributed by atoms with van der Waals surface area (Å²) in [7, 11) is 0. The van der Waals surface area contributed by atoms with E-state index in [1.807, 2.05) is 30.3 Å². The summed E-state index contributed by atoms with van der Waals surface area (Å²) in [5, 5.41) is 9.12. The fourth-order valence-corrected chi connectivity index (χ4v) is 3.57. The molecule has 3 rings (SSSR count). The fourth-order valence-electron chi connectivity index (χ4n) is 2.87. The first-order chi connectivity index (χ1) is 13.1. The van der Waals surface area contributed by atoms with Gasteiger partial charge in [-0.05, 0) is 18.9 Å². The van der Waals surface area contributed by atoms with Gasteiger partial charge < -0.3 is 15.4 Å². The summed E-state index contributed by atoms with van der Waals surface area (Å²) in [6, 6.07) is 8.54. The molecule has 9 heteroatoms. The van der Waals surface area contributed by atoms with Crippen LogP contribution in [0.2, 0.25) is 0 Å². The fraction of sp³-hybridized carbons (Fsp3) is 0.333. The van der Waals surface area contributed by atoms with E-state index in [0.717, 1.165) is 16.9 Å². The molecule has 3 N–H and O–H groups in total. The lowest BCUT2D eigenvalue weighted by atomic mass is 9.92. The van der Waals surface area contributed by atoms with E-state index < -0.39 is 12.0 Å². The number of amides is 3. The summed E-state index contributed by atoms with van der Waals surface area (Å²) in [5.74, 6) is -0.557. The van der Waals surface area contributed by atoms with Crippen molar-refractivity contribution in [2.45, 2.75) is 31.8 Å². The molecule has 1 fully saturated rings. The summed E-state index contributed by atoms with van der Waals surface area (Å²) >= 11 is 1.04. The van der Waals surface area contributed by atoms with Crippen LogP contribution in [0, 0.1) is 0 Å². The van der Waals surface area contributed by atoms with E-state index in [9.17, 15) is 14.4 Å². The molecule has 27 heavy (non-hydrogen) atoms. The molecule has 3 amide bonds. The molecule has 0 saturated carbocycles. The number of benzene rings is 1. The van der Waals surface area contributed by atoms with Gasteiger partial charge in [0.1, 0.15) is 5.00 Å². The largest absolute Gasteiger partial charge is 0.461 e. The SMILES string of the molecule is CCOC(=O)c1ncc(NC(=O)NC2CCC(=O)NC2c2ccccc2)s1. The molecule has 1 aliphatic rings. The lowest BCUT2D eigenvalue weighted by Crippen LogP contribution is -2.51. The van der Waals surface area contributed by atoms with Crippen LogP contribution in [0.15, 0.2) is 36.5 Å². The predicted octanol–water partition coefficient (Wildman–Crippen LogP) is 2.46. The molecule has 1 aliphatic heterocycles. The lowest BCUT2D eigenvalue weighted by Gasteiger charge is -2.33. The van der Waals surface area contributed by atoms with Crippen molar-refractivity contribution in [3.8, 4) is 0 Å². The van der Waals surface area contributed by atoms with Crippen LogP contribution < -0.4 is 16.0 Å². The van der Waals surface area contributed by atoms with Crippen molar-refractivity contribution in [2.24, 2.45) is 0 Å². The van der Waals surface area contributed by atoms with Crippen molar-refractivity contribution < 1.29 is 19.1 Å². The van der Waals surface area contributed by atoms with Gasteiger partial charge in [0, 0.05) is 6.42 Å². The zero-order chi connectivity index (χ0) is 19.2. The Kier molecular flexibility index (Phi) is 6.02. The quantitative estimate of drug-likeness (QED) is 0.682. The van der Waals surface area contributed by atoms with E-state index >= 15 is 0 Å². The van der Waals surface area contributed by atoms with E-state index in [4.69, 9.17) is 4.74 Å². The first-order valence-corrected chi connectivity index (χ1v) is 9.43. The Labute approximate surface area is 160 Å². The maximum absolute atomic E-state index is 12.4. The van der Waals surface area contributed by atoms with E-state index in [1.54, 1.807) is 6.92 Å². The zero-order valence-corrected chi connectivity index (χ0v) is 15.5. The minimum absolute atomic E-state index is 0.0381. The highest BCUT2D eigenvalue weighted by atomic mass is 32.1. The number of aromatic nitrogens is 1. The number of hydrogen-bond donors (Lipinski definition) is 3. The van der Waals surface area contributed by atoms with Crippen LogP contribution in [0.5, 0.6) is 0 Å². The molecule has 2 heterocycles. The van der Waals surface area contributed by atoms with Crippen LogP contribution in [0.1, 0.15) is 41.2 Å². The molecule has 0 aliphatic carbocycles. The molecule has 142 valence electrons. The molecule has 2 atom stereocenters. The minimum Gasteiger partial charge on any atom is -0.461 e. The number of urea groups is 1. The van der Waals surface area contributed by atoms with Crippen LogP contribution in [0.25, 0.3) is 0 Å². The van der Waals surface area contributed by atoms with Crippen molar-refractivity contribution in [2.75, 3.05) is 11.9 Å².